The fourth-order valence-corrected chi connectivity index (χ4v) is 9.47. The zero-order chi connectivity index (χ0) is 40.6. The maximum absolute atomic E-state index is 3.33. The lowest BCUT2D eigenvalue weighted by molar-refractivity contribution is 0.104. The molecule has 0 aromatic rings. The molecular formula is C47H100N8. The zero-order valence-corrected chi connectivity index (χ0v) is 39.4. The van der Waals surface area contributed by atoms with Crippen molar-refractivity contribution in [1.82, 2.24) is 40.0 Å². The highest BCUT2D eigenvalue weighted by Crippen LogP contribution is 2.36. The molecule has 8 nitrogen and oxygen atoms in total. The Hall–Kier alpha value is -0.320. The maximum atomic E-state index is 3.33. The average molecular weight is 777 g/mol. The summed E-state index contributed by atoms with van der Waals surface area (Å²) in [6, 6.07) is 6.44. The van der Waals surface area contributed by atoms with Gasteiger partial charge in [0, 0.05) is 94.3 Å². The lowest BCUT2D eigenvalue weighted by Crippen LogP contribution is -2.46. The Bertz CT molecular complexity index is 804. The Balaban J connectivity index is 0.000000229. The second kappa shape index (κ2) is 29.8. The lowest BCUT2D eigenvalue weighted by Gasteiger charge is -2.37. The normalized spacial score (nSPS) is 26.1. The molecule has 7 rings (SSSR count). The maximum Gasteiger partial charge on any atom is 0.0483 e. The SMILES string of the molecule is CC(C)N1C2CCCC1CC2.CC(C)N1CCCC1.CC(C)N1CCCCC1.CC(C)N1CCCCCC1.CC(C)N1CCNC1.CC(C)N1CCNCC1. The van der Waals surface area contributed by atoms with Gasteiger partial charge in [-0.25, -0.2) is 0 Å². The van der Waals surface area contributed by atoms with Gasteiger partial charge in [0.1, 0.15) is 0 Å². The van der Waals surface area contributed by atoms with Crippen LogP contribution in [0.1, 0.15) is 173 Å². The number of nitrogens with one attached hydrogen (secondary N) is 2. The van der Waals surface area contributed by atoms with Gasteiger partial charge >= 0.3 is 0 Å². The molecule has 8 heteroatoms. The monoisotopic (exact) mass is 777 g/mol. The standard InChI is InChI=1S/C10H19N.C9H19N.C8H17N.C7H16N2.C7H15N.C6H14N2/c1-8(2)11-9-4-3-5-10(11)7-6-9;1-9(2)10-7-5-3-4-6-8-10;1-8(2)9-6-4-3-5-7-9;1-7(2)9-5-3-8-4-6-9;1-7(2)8-5-3-4-6-8;1-6(2)8-4-3-7-5-8/h8-10H,3-7H2,1-2H3;9H,3-8H2,1-2H3;8H,3-7H2,1-2H3;7-8H,3-6H2,1-2H3;7H,3-6H2,1-2H3;6-7H,3-5H2,1-2H3. The van der Waals surface area contributed by atoms with E-state index in [1.54, 1.807) is 0 Å². The average Bonchev–Trinajstić information content (AvgIpc) is 3.92. The Morgan fingerprint density at radius 2 is 0.618 bits per heavy atom. The third-order valence-corrected chi connectivity index (χ3v) is 13.2. The molecule has 0 aromatic carbocycles. The minimum absolute atomic E-state index is 0.713. The summed E-state index contributed by atoms with van der Waals surface area (Å²) in [5.74, 6) is 0. The van der Waals surface area contributed by atoms with Crippen molar-refractivity contribution in [2.24, 2.45) is 0 Å². The number of hydrogen-bond donors (Lipinski definition) is 2. The van der Waals surface area contributed by atoms with Crippen molar-refractivity contribution in [2.45, 2.75) is 221 Å². The fourth-order valence-electron chi connectivity index (χ4n) is 9.47. The van der Waals surface area contributed by atoms with Gasteiger partial charge in [-0.05, 0) is 187 Å². The van der Waals surface area contributed by atoms with Crippen LogP contribution in [0.3, 0.4) is 0 Å². The summed E-state index contributed by atoms with van der Waals surface area (Å²) in [4.78, 5) is 15.3. The summed E-state index contributed by atoms with van der Waals surface area (Å²) >= 11 is 0. The Kier molecular flexibility index (Phi) is 27.6. The van der Waals surface area contributed by atoms with Crippen LogP contribution in [0.25, 0.3) is 0 Å². The molecule has 0 spiro atoms. The number of piperazine rings is 1. The molecule has 0 aliphatic carbocycles. The Labute approximate surface area is 345 Å². The molecule has 55 heavy (non-hydrogen) atoms. The number of nitrogens with zero attached hydrogens (tertiary/aromatic N) is 6. The van der Waals surface area contributed by atoms with Crippen LogP contribution in [-0.2, 0) is 0 Å². The van der Waals surface area contributed by atoms with E-state index in [1.165, 1.54) is 149 Å². The number of fused-ring (bicyclic) bond motifs is 2. The quantitative estimate of drug-likeness (QED) is 0.278. The van der Waals surface area contributed by atoms with Crippen molar-refractivity contribution < 1.29 is 0 Å². The Morgan fingerprint density at radius 3 is 0.891 bits per heavy atom. The van der Waals surface area contributed by atoms with Crippen LogP contribution in [0.2, 0.25) is 0 Å². The molecule has 2 bridgehead atoms. The smallest absolute Gasteiger partial charge is 0.0483 e. The topological polar surface area (TPSA) is 43.5 Å². The third kappa shape index (κ3) is 21.5. The van der Waals surface area contributed by atoms with Gasteiger partial charge in [-0.3, -0.25) is 14.7 Å². The van der Waals surface area contributed by atoms with E-state index >= 15 is 0 Å². The molecular weight excluding hydrogens is 677 g/mol. The summed E-state index contributed by atoms with van der Waals surface area (Å²) in [5.41, 5.74) is 0. The minimum Gasteiger partial charge on any atom is -0.314 e. The lowest BCUT2D eigenvalue weighted by atomic mass is 10.0. The number of likely N-dealkylation sites (tertiary alicyclic amines) is 3. The van der Waals surface area contributed by atoms with Crippen LogP contribution in [-0.4, -0.2) is 163 Å². The molecule has 2 N–H and O–H groups in total. The van der Waals surface area contributed by atoms with Crippen LogP contribution < -0.4 is 10.6 Å². The fraction of sp³-hybridized carbons (Fsp3) is 1.00. The first-order valence-electron chi connectivity index (χ1n) is 24.2. The number of hydrogen-bond acceptors (Lipinski definition) is 8. The zero-order valence-electron chi connectivity index (χ0n) is 39.4. The molecule has 0 amide bonds. The van der Waals surface area contributed by atoms with Crippen LogP contribution in [0, 0.1) is 0 Å². The van der Waals surface area contributed by atoms with Crippen LogP contribution >= 0.6 is 0 Å². The molecule has 7 heterocycles. The molecule has 0 aromatic heterocycles. The van der Waals surface area contributed by atoms with Crippen LogP contribution in [0.4, 0.5) is 0 Å². The summed E-state index contributed by atoms with van der Waals surface area (Å²) in [6.45, 7) is 43.6. The van der Waals surface area contributed by atoms with Crippen molar-refractivity contribution in [3.8, 4) is 0 Å². The predicted molar refractivity (Wildman–Crippen MR) is 244 cm³/mol. The van der Waals surface area contributed by atoms with E-state index in [9.17, 15) is 0 Å². The first kappa shape index (κ1) is 50.8. The van der Waals surface area contributed by atoms with E-state index in [0.717, 1.165) is 68.6 Å². The molecule has 2 unspecified atom stereocenters. The third-order valence-electron chi connectivity index (χ3n) is 13.2. The van der Waals surface area contributed by atoms with Crippen LogP contribution in [0.5, 0.6) is 0 Å². The van der Waals surface area contributed by atoms with E-state index < -0.39 is 0 Å². The van der Waals surface area contributed by atoms with E-state index in [2.05, 4.69) is 123 Å². The minimum atomic E-state index is 0.713. The first-order valence-corrected chi connectivity index (χ1v) is 24.2. The van der Waals surface area contributed by atoms with Crippen molar-refractivity contribution >= 4 is 0 Å². The van der Waals surface area contributed by atoms with Gasteiger partial charge in [0.25, 0.3) is 0 Å². The second-order valence-corrected chi connectivity index (χ2v) is 19.4. The molecule has 0 saturated carbocycles. The van der Waals surface area contributed by atoms with Gasteiger partial charge in [-0.1, -0.05) is 25.7 Å². The molecule has 7 aliphatic rings. The van der Waals surface area contributed by atoms with E-state index in [-0.39, 0.29) is 0 Å². The van der Waals surface area contributed by atoms with Gasteiger partial charge in [-0.2, -0.15) is 0 Å². The van der Waals surface area contributed by atoms with Crippen molar-refractivity contribution in [3.05, 3.63) is 0 Å². The van der Waals surface area contributed by atoms with E-state index in [1.807, 2.05) is 0 Å². The summed E-state index contributed by atoms with van der Waals surface area (Å²) in [5, 5.41) is 6.61. The summed E-state index contributed by atoms with van der Waals surface area (Å²) < 4.78 is 0. The largest absolute Gasteiger partial charge is 0.314 e. The molecule has 7 aliphatic heterocycles. The predicted octanol–water partition coefficient (Wildman–Crippen LogP) is 8.61. The van der Waals surface area contributed by atoms with Gasteiger partial charge in [-0.15, -0.1) is 0 Å². The highest BCUT2D eigenvalue weighted by molar-refractivity contribution is 4.93. The number of rotatable bonds is 6. The van der Waals surface area contributed by atoms with Gasteiger partial charge in [0.2, 0.25) is 0 Å². The Morgan fingerprint density at radius 1 is 0.309 bits per heavy atom. The molecule has 7 fully saturated rings. The van der Waals surface area contributed by atoms with E-state index in [0.29, 0.717) is 6.04 Å². The molecule has 328 valence electrons. The summed E-state index contributed by atoms with van der Waals surface area (Å²) in [6.07, 6.45) is 20.2. The molecule has 0 radical (unpaired) electrons. The molecule has 2 atom stereocenters. The molecule has 7 saturated heterocycles. The highest BCUT2D eigenvalue weighted by atomic mass is 15.3. The second-order valence-electron chi connectivity index (χ2n) is 19.4. The van der Waals surface area contributed by atoms with Gasteiger partial charge < -0.3 is 25.3 Å². The number of piperidine rings is 2. The van der Waals surface area contributed by atoms with Crippen molar-refractivity contribution in [2.75, 3.05) is 85.2 Å². The van der Waals surface area contributed by atoms with Crippen LogP contribution in [0.15, 0.2) is 0 Å². The summed E-state index contributed by atoms with van der Waals surface area (Å²) in [7, 11) is 0. The van der Waals surface area contributed by atoms with Gasteiger partial charge in [0.15, 0.2) is 0 Å². The highest BCUT2D eigenvalue weighted by Gasteiger charge is 2.37. The first-order chi connectivity index (χ1) is 26.3. The van der Waals surface area contributed by atoms with Gasteiger partial charge in [0.05, 0.1) is 0 Å². The van der Waals surface area contributed by atoms with Crippen molar-refractivity contribution in [1.29, 1.82) is 0 Å². The van der Waals surface area contributed by atoms with E-state index in [4.69, 9.17) is 0 Å². The van der Waals surface area contributed by atoms with Crippen molar-refractivity contribution in [3.63, 3.8) is 0 Å².